The van der Waals surface area contributed by atoms with Crippen LogP contribution in [-0.2, 0) is 12.8 Å². The molecule has 0 saturated heterocycles. The molecule has 5 heteroatoms. The molecule has 3 aromatic heterocycles. The minimum absolute atomic E-state index is 0.901. The predicted octanol–water partition coefficient (Wildman–Crippen LogP) is 4.86. The minimum Gasteiger partial charge on any atom is -0.338 e. The van der Waals surface area contributed by atoms with Crippen LogP contribution in [0.1, 0.15) is 23.3 Å². The molecule has 0 bridgehead atoms. The van der Waals surface area contributed by atoms with Gasteiger partial charge in [0.25, 0.3) is 0 Å². The van der Waals surface area contributed by atoms with E-state index in [0.717, 1.165) is 33.7 Å². The van der Waals surface area contributed by atoms with Crippen LogP contribution in [-0.4, -0.2) is 15.0 Å². The van der Waals surface area contributed by atoms with E-state index in [1.165, 1.54) is 35.1 Å². The summed E-state index contributed by atoms with van der Waals surface area (Å²) < 4.78 is 0. The van der Waals surface area contributed by atoms with Crippen LogP contribution in [0.25, 0.3) is 21.1 Å². The summed E-state index contributed by atoms with van der Waals surface area (Å²) in [7, 11) is 0. The van der Waals surface area contributed by atoms with E-state index in [0.29, 0.717) is 0 Å². The number of nitrogens with one attached hydrogen (secondary N) is 1. The second-order valence-electron chi connectivity index (χ2n) is 6.12. The zero-order valence-electron chi connectivity index (χ0n) is 13.1. The molecule has 0 fully saturated rings. The number of rotatable bonds is 2. The van der Waals surface area contributed by atoms with Crippen LogP contribution in [0.3, 0.4) is 0 Å². The Balaban J connectivity index is 1.68. The third-order valence-electron chi connectivity index (χ3n) is 4.64. The molecule has 24 heavy (non-hydrogen) atoms. The summed E-state index contributed by atoms with van der Waals surface area (Å²) >= 11 is 1.82. The molecule has 0 atom stereocenters. The van der Waals surface area contributed by atoms with Crippen molar-refractivity contribution in [1.82, 2.24) is 15.0 Å². The van der Waals surface area contributed by atoms with E-state index in [1.54, 1.807) is 6.33 Å². The molecule has 0 amide bonds. The standard InChI is InChI=1S/C19H16N4S/c1-2-9-15-13(7-1)16-18(21-11-22-19(16)24-15)23-14-8-3-5-12-6-4-10-20-17(12)14/h3-6,8,10-11H,1-2,7,9H2,(H,21,22,23). The lowest BCUT2D eigenvalue weighted by atomic mass is 9.97. The van der Waals surface area contributed by atoms with E-state index in [4.69, 9.17) is 0 Å². The van der Waals surface area contributed by atoms with E-state index < -0.39 is 0 Å². The lowest BCUT2D eigenvalue weighted by Gasteiger charge is -2.13. The van der Waals surface area contributed by atoms with Crippen molar-refractivity contribution in [3.05, 3.63) is 53.3 Å². The summed E-state index contributed by atoms with van der Waals surface area (Å²) in [5, 5.41) is 5.84. The summed E-state index contributed by atoms with van der Waals surface area (Å²) in [4.78, 5) is 16.2. The van der Waals surface area contributed by atoms with Gasteiger partial charge >= 0.3 is 0 Å². The maximum absolute atomic E-state index is 4.55. The van der Waals surface area contributed by atoms with Gasteiger partial charge in [-0.1, -0.05) is 18.2 Å². The Kier molecular flexibility index (Phi) is 3.19. The van der Waals surface area contributed by atoms with Crippen molar-refractivity contribution < 1.29 is 0 Å². The number of benzene rings is 1. The molecular formula is C19H16N4S. The van der Waals surface area contributed by atoms with Gasteiger partial charge in [-0.15, -0.1) is 11.3 Å². The average molecular weight is 332 g/mol. The Bertz CT molecular complexity index is 1050. The zero-order valence-corrected chi connectivity index (χ0v) is 13.9. The molecular weight excluding hydrogens is 316 g/mol. The van der Waals surface area contributed by atoms with Crippen LogP contribution in [0.5, 0.6) is 0 Å². The van der Waals surface area contributed by atoms with Gasteiger partial charge in [-0.2, -0.15) is 0 Å². The number of fused-ring (bicyclic) bond motifs is 4. The molecule has 5 rings (SSSR count). The maximum atomic E-state index is 4.55. The van der Waals surface area contributed by atoms with E-state index in [2.05, 4.69) is 38.5 Å². The quantitative estimate of drug-likeness (QED) is 0.569. The van der Waals surface area contributed by atoms with Crippen molar-refractivity contribution in [2.45, 2.75) is 25.7 Å². The summed E-state index contributed by atoms with van der Waals surface area (Å²) in [5.41, 5.74) is 3.40. The molecule has 4 aromatic rings. The highest BCUT2D eigenvalue weighted by Gasteiger charge is 2.20. The zero-order chi connectivity index (χ0) is 15.9. The van der Waals surface area contributed by atoms with Crippen molar-refractivity contribution in [3.63, 3.8) is 0 Å². The van der Waals surface area contributed by atoms with Gasteiger partial charge < -0.3 is 5.32 Å². The van der Waals surface area contributed by atoms with Crippen LogP contribution in [0.15, 0.2) is 42.9 Å². The number of anilines is 2. The molecule has 3 heterocycles. The van der Waals surface area contributed by atoms with Crippen LogP contribution in [0, 0.1) is 0 Å². The molecule has 1 aliphatic carbocycles. The molecule has 1 N–H and O–H groups in total. The Morgan fingerprint density at radius 2 is 1.88 bits per heavy atom. The number of hydrogen-bond donors (Lipinski definition) is 1. The fourth-order valence-electron chi connectivity index (χ4n) is 3.52. The van der Waals surface area contributed by atoms with Crippen molar-refractivity contribution in [2.75, 3.05) is 5.32 Å². The Morgan fingerprint density at radius 3 is 2.88 bits per heavy atom. The molecule has 1 aliphatic rings. The van der Waals surface area contributed by atoms with E-state index >= 15 is 0 Å². The van der Waals surface area contributed by atoms with Gasteiger partial charge in [0.2, 0.25) is 0 Å². The average Bonchev–Trinajstić information content (AvgIpc) is 3.02. The summed E-state index contributed by atoms with van der Waals surface area (Å²) in [6.45, 7) is 0. The lowest BCUT2D eigenvalue weighted by molar-refractivity contribution is 0.700. The highest BCUT2D eigenvalue weighted by atomic mass is 32.1. The molecule has 118 valence electrons. The highest BCUT2D eigenvalue weighted by molar-refractivity contribution is 7.19. The minimum atomic E-state index is 0.901. The van der Waals surface area contributed by atoms with Crippen molar-refractivity contribution in [1.29, 1.82) is 0 Å². The Morgan fingerprint density at radius 1 is 0.958 bits per heavy atom. The van der Waals surface area contributed by atoms with Crippen molar-refractivity contribution >= 4 is 44.0 Å². The molecule has 0 saturated carbocycles. The van der Waals surface area contributed by atoms with Crippen LogP contribution in [0.4, 0.5) is 11.5 Å². The molecule has 1 aromatic carbocycles. The van der Waals surface area contributed by atoms with Crippen LogP contribution >= 0.6 is 11.3 Å². The molecule has 4 nitrogen and oxygen atoms in total. The molecule has 0 unspecified atom stereocenters. The number of nitrogens with zero attached hydrogens (tertiary/aromatic N) is 3. The monoisotopic (exact) mass is 332 g/mol. The molecule has 0 aliphatic heterocycles. The number of para-hydroxylation sites is 1. The van der Waals surface area contributed by atoms with Gasteiger partial charge in [0, 0.05) is 16.5 Å². The van der Waals surface area contributed by atoms with Gasteiger partial charge in [0.15, 0.2) is 0 Å². The lowest BCUT2D eigenvalue weighted by Crippen LogP contribution is -2.01. The first-order valence-electron chi connectivity index (χ1n) is 8.26. The van der Waals surface area contributed by atoms with Gasteiger partial charge in [-0.25, -0.2) is 9.97 Å². The Labute approximate surface area is 143 Å². The second-order valence-corrected chi connectivity index (χ2v) is 7.20. The largest absolute Gasteiger partial charge is 0.338 e. The van der Waals surface area contributed by atoms with Crippen LogP contribution in [0.2, 0.25) is 0 Å². The number of aryl methyl sites for hydroxylation is 2. The smallest absolute Gasteiger partial charge is 0.142 e. The first kappa shape index (κ1) is 13.9. The van der Waals surface area contributed by atoms with Crippen molar-refractivity contribution in [3.8, 4) is 0 Å². The van der Waals surface area contributed by atoms with E-state index in [-0.39, 0.29) is 0 Å². The van der Waals surface area contributed by atoms with Crippen LogP contribution < -0.4 is 5.32 Å². The first-order valence-corrected chi connectivity index (χ1v) is 9.08. The predicted molar refractivity (Wildman–Crippen MR) is 99.1 cm³/mol. The summed E-state index contributed by atoms with van der Waals surface area (Å²) in [5.74, 6) is 0.901. The molecule has 0 spiro atoms. The normalized spacial score (nSPS) is 14.0. The van der Waals surface area contributed by atoms with Gasteiger partial charge in [-0.3, -0.25) is 4.98 Å². The van der Waals surface area contributed by atoms with E-state index in [1.807, 2.05) is 29.7 Å². The fraction of sp³-hybridized carbons (Fsp3) is 0.211. The second kappa shape index (κ2) is 5.53. The van der Waals surface area contributed by atoms with Gasteiger partial charge in [-0.05, 0) is 43.4 Å². The fourth-order valence-corrected chi connectivity index (χ4v) is 4.75. The summed E-state index contributed by atoms with van der Waals surface area (Å²) in [6, 6.07) is 10.2. The first-order chi connectivity index (χ1) is 11.9. The third-order valence-corrected chi connectivity index (χ3v) is 5.84. The molecule has 0 radical (unpaired) electrons. The SMILES string of the molecule is c1cnc2c(Nc3ncnc4sc5c(c34)CCCC5)cccc2c1. The number of aromatic nitrogens is 3. The van der Waals surface area contributed by atoms with E-state index in [9.17, 15) is 0 Å². The number of pyridine rings is 1. The number of hydrogen-bond acceptors (Lipinski definition) is 5. The number of thiophene rings is 1. The topological polar surface area (TPSA) is 50.7 Å². The highest BCUT2D eigenvalue weighted by Crippen LogP contribution is 2.39. The van der Waals surface area contributed by atoms with Gasteiger partial charge in [0.05, 0.1) is 16.6 Å². The summed E-state index contributed by atoms with van der Waals surface area (Å²) in [6.07, 6.45) is 8.32. The third kappa shape index (κ3) is 2.16. The van der Waals surface area contributed by atoms with Gasteiger partial charge in [0.1, 0.15) is 17.0 Å². The maximum Gasteiger partial charge on any atom is 0.142 e. The van der Waals surface area contributed by atoms with Crippen molar-refractivity contribution in [2.24, 2.45) is 0 Å². The Hall–Kier alpha value is -2.53.